The zero-order valence-corrected chi connectivity index (χ0v) is 9.03. The number of carbonyl (C=O) groups excluding carboxylic acids is 1. The Hall–Kier alpha value is -1.94. The van der Waals surface area contributed by atoms with Crippen LogP contribution in [-0.2, 0) is 0 Å². The summed E-state index contributed by atoms with van der Waals surface area (Å²) in [4.78, 5) is 22.2. The summed E-state index contributed by atoms with van der Waals surface area (Å²) in [5.41, 5.74) is 1.76. The molecule has 2 aromatic rings. The van der Waals surface area contributed by atoms with Gasteiger partial charge in [-0.05, 0) is 29.1 Å². The normalized spacial score (nSPS) is 10.0. The fourth-order valence-corrected chi connectivity index (χ4v) is 2.19. The van der Waals surface area contributed by atoms with Gasteiger partial charge in [-0.3, -0.25) is 4.79 Å². The largest absolute Gasteiger partial charge is 0.478 e. The predicted octanol–water partition coefficient (Wildman–Crippen LogP) is 2.93. The van der Waals surface area contributed by atoms with Gasteiger partial charge in [0.1, 0.15) is 0 Å². The van der Waals surface area contributed by atoms with Crippen LogP contribution in [0.15, 0.2) is 35.7 Å². The summed E-state index contributed by atoms with van der Waals surface area (Å²) in [6.07, 6.45) is 0.785. The molecule has 0 aliphatic rings. The molecular formula is C12H8O3S. The Kier molecular flexibility index (Phi) is 2.83. The van der Waals surface area contributed by atoms with Gasteiger partial charge in [-0.25, -0.2) is 4.79 Å². The van der Waals surface area contributed by atoms with Gasteiger partial charge in [-0.15, -0.1) is 11.3 Å². The number of thiophene rings is 1. The van der Waals surface area contributed by atoms with Crippen molar-refractivity contribution in [2.24, 2.45) is 0 Å². The highest BCUT2D eigenvalue weighted by Crippen LogP contribution is 2.27. The lowest BCUT2D eigenvalue weighted by atomic mass is 10.0. The molecule has 1 aromatic heterocycles. The molecule has 1 heterocycles. The van der Waals surface area contributed by atoms with Crippen molar-refractivity contribution in [3.8, 4) is 11.1 Å². The van der Waals surface area contributed by atoms with Crippen molar-refractivity contribution in [3.05, 3.63) is 46.2 Å². The van der Waals surface area contributed by atoms with Gasteiger partial charge in [-0.1, -0.05) is 12.1 Å². The first kappa shape index (κ1) is 10.6. The van der Waals surface area contributed by atoms with Gasteiger partial charge in [0.25, 0.3) is 0 Å². The van der Waals surface area contributed by atoms with Crippen LogP contribution in [0.1, 0.15) is 20.0 Å². The van der Waals surface area contributed by atoms with Gasteiger partial charge in [0.05, 0.1) is 10.4 Å². The van der Waals surface area contributed by atoms with Crippen LogP contribution in [-0.4, -0.2) is 17.4 Å². The third-order valence-electron chi connectivity index (χ3n) is 2.22. The van der Waals surface area contributed by atoms with E-state index in [1.54, 1.807) is 18.2 Å². The van der Waals surface area contributed by atoms with Crippen molar-refractivity contribution >= 4 is 23.6 Å². The number of rotatable bonds is 3. The average Bonchev–Trinajstić information content (AvgIpc) is 2.77. The lowest BCUT2D eigenvalue weighted by molar-refractivity contribution is 0.0697. The second kappa shape index (κ2) is 4.28. The van der Waals surface area contributed by atoms with Crippen LogP contribution in [0, 0.1) is 0 Å². The molecule has 0 spiro atoms. The molecule has 80 valence electrons. The molecule has 1 aromatic carbocycles. The van der Waals surface area contributed by atoms with Gasteiger partial charge in [-0.2, -0.15) is 0 Å². The Morgan fingerprint density at radius 3 is 2.81 bits per heavy atom. The summed E-state index contributed by atoms with van der Waals surface area (Å²) in [6, 6.07) is 8.37. The number of aromatic carboxylic acids is 1. The Morgan fingerprint density at radius 2 is 2.12 bits per heavy atom. The van der Waals surface area contributed by atoms with Gasteiger partial charge in [0.2, 0.25) is 0 Å². The van der Waals surface area contributed by atoms with E-state index in [9.17, 15) is 9.59 Å². The molecule has 3 nitrogen and oxygen atoms in total. The minimum Gasteiger partial charge on any atom is -0.478 e. The second-order valence-corrected chi connectivity index (χ2v) is 4.15. The lowest BCUT2D eigenvalue weighted by Crippen LogP contribution is -1.95. The van der Waals surface area contributed by atoms with Crippen molar-refractivity contribution in [3.63, 3.8) is 0 Å². The van der Waals surface area contributed by atoms with E-state index in [0.29, 0.717) is 4.88 Å². The molecule has 0 aliphatic heterocycles. The number of carboxylic acids is 1. The van der Waals surface area contributed by atoms with E-state index >= 15 is 0 Å². The van der Waals surface area contributed by atoms with Crippen molar-refractivity contribution in [1.29, 1.82) is 0 Å². The van der Waals surface area contributed by atoms with Crippen LogP contribution in [0.5, 0.6) is 0 Å². The Bertz CT molecular complexity index is 543. The first-order chi connectivity index (χ1) is 7.72. The molecule has 0 atom stereocenters. The van der Waals surface area contributed by atoms with Gasteiger partial charge in [0, 0.05) is 5.56 Å². The summed E-state index contributed by atoms with van der Waals surface area (Å²) in [5.74, 6) is -0.968. The summed E-state index contributed by atoms with van der Waals surface area (Å²) in [7, 11) is 0. The monoisotopic (exact) mass is 232 g/mol. The number of hydrogen-bond donors (Lipinski definition) is 1. The summed E-state index contributed by atoms with van der Waals surface area (Å²) >= 11 is 1.34. The molecule has 4 heteroatoms. The van der Waals surface area contributed by atoms with Crippen LogP contribution in [0.3, 0.4) is 0 Å². The van der Waals surface area contributed by atoms with Gasteiger partial charge >= 0.3 is 5.97 Å². The van der Waals surface area contributed by atoms with Crippen molar-refractivity contribution in [2.75, 3.05) is 0 Å². The highest BCUT2D eigenvalue weighted by atomic mass is 32.1. The predicted molar refractivity (Wildman–Crippen MR) is 62.1 cm³/mol. The van der Waals surface area contributed by atoms with Crippen molar-refractivity contribution in [1.82, 2.24) is 0 Å². The molecule has 1 N–H and O–H groups in total. The fraction of sp³-hybridized carbons (Fsp3) is 0. The quantitative estimate of drug-likeness (QED) is 0.828. The van der Waals surface area contributed by atoms with Gasteiger partial charge in [0.15, 0.2) is 6.29 Å². The molecule has 0 saturated carbocycles. The fourth-order valence-electron chi connectivity index (χ4n) is 1.47. The molecule has 0 aliphatic carbocycles. The number of hydrogen-bond acceptors (Lipinski definition) is 3. The SMILES string of the molecule is O=Cc1sccc1-c1cccc(C(=O)O)c1. The van der Waals surface area contributed by atoms with E-state index in [4.69, 9.17) is 5.11 Å². The maximum atomic E-state index is 10.8. The zero-order chi connectivity index (χ0) is 11.5. The zero-order valence-electron chi connectivity index (χ0n) is 8.21. The Morgan fingerprint density at radius 1 is 1.31 bits per heavy atom. The molecule has 0 amide bonds. The molecule has 16 heavy (non-hydrogen) atoms. The molecule has 2 rings (SSSR count). The molecule has 0 radical (unpaired) electrons. The highest BCUT2D eigenvalue weighted by molar-refractivity contribution is 7.12. The summed E-state index contributed by atoms with van der Waals surface area (Å²) in [6.45, 7) is 0. The highest BCUT2D eigenvalue weighted by Gasteiger charge is 2.08. The van der Waals surface area contributed by atoms with E-state index in [0.717, 1.165) is 17.4 Å². The van der Waals surface area contributed by atoms with E-state index in [1.165, 1.54) is 17.4 Å². The third kappa shape index (κ3) is 1.87. The van der Waals surface area contributed by atoms with Crippen LogP contribution in [0.2, 0.25) is 0 Å². The van der Waals surface area contributed by atoms with E-state index in [2.05, 4.69) is 0 Å². The second-order valence-electron chi connectivity index (χ2n) is 3.20. The van der Waals surface area contributed by atoms with Crippen molar-refractivity contribution < 1.29 is 14.7 Å². The first-order valence-electron chi connectivity index (χ1n) is 4.59. The lowest BCUT2D eigenvalue weighted by Gasteiger charge is -2.01. The van der Waals surface area contributed by atoms with Crippen LogP contribution >= 0.6 is 11.3 Å². The molecule has 0 bridgehead atoms. The number of carbonyl (C=O) groups is 2. The minimum atomic E-state index is -0.968. The van der Waals surface area contributed by atoms with E-state index in [1.807, 2.05) is 11.4 Å². The maximum absolute atomic E-state index is 10.8. The smallest absolute Gasteiger partial charge is 0.335 e. The minimum absolute atomic E-state index is 0.223. The van der Waals surface area contributed by atoms with Crippen LogP contribution < -0.4 is 0 Å². The summed E-state index contributed by atoms with van der Waals surface area (Å²) in [5, 5.41) is 10.7. The van der Waals surface area contributed by atoms with E-state index < -0.39 is 5.97 Å². The number of benzene rings is 1. The van der Waals surface area contributed by atoms with E-state index in [-0.39, 0.29) is 5.56 Å². The molecule has 0 unspecified atom stereocenters. The number of aldehydes is 1. The Labute approximate surface area is 96.0 Å². The average molecular weight is 232 g/mol. The first-order valence-corrected chi connectivity index (χ1v) is 5.46. The van der Waals surface area contributed by atoms with Gasteiger partial charge < -0.3 is 5.11 Å². The molecule has 0 fully saturated rings. The number of carboxylic acid groups (broad SMARTS) is 1. The molecular weight excluding hydrogens is 224 g/mol. The Balaban J connectivity index is 2.52. The maximum Gasteiger partial charge on any atom is 0.335 e. The molecule has 0 saturated heterocycles. The van der Waals surface area contributed by atoms with Crippen molar-refractivity contribution in [2.45, 2.75) is 0 Å². The third-order valence-corrected chi connectivity index (χ3v) is 3.06. The summed E-state index contributed by atoms with van der Waals surface area (Å²) < 4.78 is 0. The van der Waals surface area contributed by atoms with Crippen LogP contribution in [0.25, 0.3) is 11.1 Å². The standard InChI is InChI=1S/C12H8O3S/c13-7-11-10(4-5-16-11)8-2-1-3-9(6-8)12(14)15/h1-7H,(H,14,15). The topological polar surface area (TPSA) is 54.4 Å². The van der Waals surface area contributed by atoms with Crippen LogP contribution in [0.4, 0.5) is 0 Å².